The summed E-state index contributed by atoms with van der Waals surface area (Å²) in [5.74, 6) is 0.417. The lowest BCUT2D eigenvalue weighted by atomic mass is 10.1. The summed E-state index contributed by atoms with van der Waals surface area (Å²) in [4.78, 5) is 7.59. The first kappa shape index (κ1) is 10.9. The minimum Gasteiger partial charge on any atom is -0.322 e. The lowest BCUT2D eigenvalue weighted by molar-refractivity contribution is -0.138. The third-order valence-corrected chi connectivity index (χ3v) is 1.63. The molecule has 1 unspecified atom stereocenters. The highest BCUT2D eigenvalue weighted by atomic mass is 19.4. The summed E-state index contributed by atoms with van der Waals surface area (Å²) in [5, 5.41) is 0. The van der Waals surface area contributed by atoms with E-state index in [1.807, 2.05) is 0 Å². The maximum absolute atomic E-state index is 12.0. The van der Waals surface area contributed by atoms with E-state index in [0.29, 0.717) is 5.82 Å². The first-order valence-electron chi connectivity index (χ1n) is 4.00. The Balaban J connectivity index is 2.74. The first-order chi connectivity index (χ1) is 6.38. The van der Waals surface area contributed by atoms with E-state index in [4.69, 9.17) is 5.73 Å². The van der Waals surface area contributed by atoms with Gasteiger partial charge in [0.05, 0.1) is 18.2 Å². The van der Waals surface area contributed by atoms with Gasteiger partial charge in [0.1, 0.15) is 5.82 Å². The van der Waals surface area contributed by atoms with Crippen LogP contribution in [0.2, 0.25) is 0 Å². The fraction of sp³-hybridized carbons (Fsp3) is 0.500. The summed E-state index contributed by atoms with van der Waals surface area (Å²) in [5.41, 5.74) is 5.56. The van der Waals surface area contributed by atoms with Gasteiger partial charge in [-0.15, -0.1) is 0 Å². The van der Waals surface area contributed by atoms with Gasteiger partial charge in [-0.2, -0.15) is 13.2 Å². The molecule has 1 aromatic heterocycles. The zero-order valence-corrected chi connectivity index (χ0v) is 7.54. The zero-order chi connectivity index (χ0) is 10.8. The Labute approximate surface area is 79.2 Å². The van der Waals surface area contributed by atoms with E-state index in [2.05, 4.69) is 9.97 Å². The SMILES string of the molecule is Cc1nccc(C(N)CC(F)(F)F)n1. The van der Waals surface area contributed by atoms with Crippen molar-refractivity contribution in [3.05, 3.63) is 23.8 Å². The molecule has 2 N–H and O–H groups in total. The standard InChI is InChI=1S/C8H10F3N3/c1-5-13-3-2-7(14-5)6(12)4-8(9,10)11/h2-3,6H,4,12H2,1H3. The molecule has 6 heteroatoms. The van der Waals surface area contributed by atoms with Crippen LogP contribution in [-0.2, 0) is 0 Å². The molecule has 0 radical (unpaired) electrons. The third kappa shape index (κ3) is 3.29. The molecule has 0 aliphatic rings. The molecule has 0 fully saturated rings. The maximum atomic E-state index is 12.0. The van der Waals surface area contributed by atoms with Crippen LogP contribution < -0.4 is 5.73 Å². The highest BCUT2D eigenvalue weighted by molar-refractivity contribution is 5.06. The molecule has 0 aliphatic carbocycles. The van der Waals surface area contributed by atoms with Gasteiger partial charge < -0.3 is 5.73 Å². The van der Waals surface area contributed by atoms with Crippen molar-refractivity contribution in [1.82, 2.24) is 9.97 Å². The number of nitrogens with zero attached hydrogens (tertiary/aromatic N) is 2. The van der Waals surface area contributed by atoms with Gasteiger partial charge in [0.15, 0.2) is 0 Å². The van der Waals surface area contributed by atoms with Crippen LogP contribution in [0.25, 0.3) is 0 Å². The number of nitrogens with two attached hydrogens (primary N) is 1. The second-order valence-corrected chi connectivity index (χ2v) is 2.95. The number of rotatable bonds is 2. The minimum atomic E-state index is -4.27. The summed E-state index contributed by atoms with van der Waals surface area (Å²) >= 11 is 0. The number of hydrogen-bond acceptors (Lipinski definition) is 3. The van der Waals surface area contributed by atoms with Gasteiger partial charge in [0, 0.05) is 6.20 Å². The van der Waals surface area contributed by atoms with Gasteiger partial charge in [0.2, 0.25) is 0 Å². The Morgan fingerprint density at radius 2 is 2.14 bits per heavy atom. The van der Waals surface area contributed by atoms with Crippen molar-refractivity contribution in [3.63, 3.8) is 0 Å². The van der Waals surface area contributed by atoms with E-state index >= 15 is 0 Å². The zero-order valence-electron chi connectivity index (χ0n) is 7.54. The van der Waals surface area contributed by atoms with Crippen LogP contribution in [0, 0.1) is 6.92 Å². The molecule has 0 amide bonds. The predicted octanol–water partition coefficient (Wildman–Crippen LogP) is 1.74. The van der Waals surface area contributed by atoms with Gasteiger partial charge in [-0.05, 0) is 13.0 Å². The average molecular weight is 205 g/mol. The number of halogens is 3. The normalized spacial score (nSPS) is 14.1. The molecule has 78 valence electrons. The van der Waals surface area contributed by atoms with Crippen molar-refractivity contribution < 1.29 is 13.2 Å². The smallest absolute Gasteiger partial charge is 0.322 e. The van der Waals surface area contributed by atoms with E-state index < -0.39 is 18.6 Å². The Morgan fingerprint density at radius 1 is 1.50 bits per heavy atom. The summed E-state index contributed by atoms with van der Waals surface area (Å²) in [6.07, 6.45) is -3.93. The van der Waals surface area contributed by atoms with Gasteiger partial charge >= 0.3 is 6.18 Å². The highest BCUT2D eigenvalue weighted by Gasteiger charge is 2.31. The summed E-state index contributed by atoms with van der Waals surface area (Å²) in [7, 11) is 0. The Hall–Kier alpha value is -1.17. The van der Waals surface area contributed by atoms with E-state index in [9.17, 15) is 13.2 Å². The van der Waals surface area contributed by atoms with Gasteiger partial charge in [-0.3, -0.25) is 0 Å². The van der Waals surface area contributed by atoms with E-state index in [0.717, 1.165) is 0 Å². The molecular weight excluding hydrogens is 195 g/mol. The Bertz CT molecular complexity index is 311. The lowest BCUT2D eigenvalue weighted by Gasteiger charge is -2.13. The van der Waals surface area contributed by atoms with Crippen molar-refractivity contribution in [3.8, 4) is 0 Å². The highest BCUT2D eigenvalue weighted by Crippen LogP contribution is 2.26. The van der Waals surface area contributed by atoms with Crippen LogP contribution in [0.5, 0.6) is 0 Å². The fourth-order valence-electron chi connectivity index (χ4n) is 1.03. The average Bonchev–Trinajstić information content (AvgIpc) is 2.01. The van der Waals surface area contributed by atoms with Gasteiger partial charge in [-0.1, -0.05) is 0 Å². The van der Waals surface area contributed by atoms with E-state index in [1.54, 1.807) is 6.92 Å². The van der Waals surface area contributed by atoms with Crippen LogP contribution in [0.4, 0.5) is 13.2 Å². The van der Waals surface area contributed by atoms with Crippen molar-refractivity contribution >= 4 is 0 Å². The molecule has 0 spiro atoms. The molecule has 0 aromatic carbocycles. The number of aryl methyl sites for hydroxylation is 1. The number of hydrogen-bond donors (Lipinski definition) is 1. The van der Waals surface area contributed by atoms with Crippen LogP contribution in [0.3, 0.4) is 0 Å². The topological polar surface area (TPSA) is 51.8 Å². The predicted molar refractivity (Wildman–Crippen MR) is 44.4 cm³/mol. The third-order valence-electron chi connectivity index (χ3n) is 1.63. The van der Waals surface area contributed by atoms with Crippen LogP contribution in [-0.4, -0.2) is 16.1 Å². The first-order valence-corrected chi connectivity index (χ1v) is 4.00. The molecule has 1 atom stereocenters. The summed E-state index contributed by atoms with van der Waals surface area (Å²) in [6.45, 7) is 1.60. The molecule has 3 nitrogen and oxygen atoms in total. The molecule has 0 bridgehead atoms. The maximum Gasteiger partial charge on any atom is 0.390 e. The second-order valence-electron chi connectivity index (χ2n) is 2.95. The molecule has 1 aromatic rings. The second kappa shape index (κ2) is 3.91. The van der Waals surface area contributed by atoms with E-state index in [1.165, 1.54) is 12.3 Å². The molecular formula is C8H10F3N3. The molecule has 0 saturated heterocycles. The minimum absolute atomic E-state index is 0.217. The van der Waals surface area contributed by atoms with Gasteiger partial charge in [-0.25, -0.2) is 9.97 Å². The Morgan fingerprint density at radius 3 is 2.64 bits per heavy atom. The fourth-order valence-corrected chi connectivity index (χ4v) is 1.03. The largest absolute Gasteiger partial charge is 0.390 e. The van der Waals surface area contributed by atoms with Crippen molar-refractivity contribution in [2.24, 2.45) is 5.73 Å². The quantitative estimate of drug-likeness (QED) is 0.800. The molecule has 14 heavy (non-hydrogen) atoms. The summed E-state index contributed by atoms with van der Waals surface area (Å²) in [6, 6.07) is 0.278. The van der Waals surface area contributed by atoms with E-state index in [-0.39, 0.29) is 5.69 Å². The molecule has 1 heterocycles. The van der Waals surface area contributed by atoms with Crippen LogP contribution in [0.1, 0.15) is 24.0 Å². The van der Waals surface area contributed by atoms with Gasteiger partial charge in [0.25, 0.3) is 0 Å². The van der Waals surface area contributed by atoms with Crippen molar-refractivity contribution in [2.45, 2.75) is 25.6 Å². The molecule has 1 rings (SSSR count). The molecule has 0 aliphatic heterocycles. The van der Waals surface area contributed by atoms with Crippen molar-refractivity contribution in [1.29, 1.82) is 0 Å². The van der Waals surface area contributed by atoms with Crippen molar-refractivity contribution in [2.75, 3.05) is 0 Å². The monoisotopic (exact) mass is 205 g/mol. The molecule has 0 saturated carbocycles. The number of aromatic nitrogens is 2. The van der Waals surface area contributed by atoms with Crippen LogP contribution in [0.15, 0.2) is 12.3 Å². The lowest BCUT2D eigenvalue weighted by Crippen LogP contribution is -2.21. The number of alkyl halides is 3. The van der Waals surface area contributed by atoms with Crippen LogP contribution >= 0.6 is 0 Å². The Kier molecular flexibility index (Phi) is 3.05. The summed E-state index contributed by atoms with van der Waals surface area (Å²) < 4.78 is 35.9.